The van der Waals surface area contributed by atoms with Gasteiger partial charge in [0.25, 0.3) is 5.56 Å². The topological polar surface area (TPSA) is 128 Å². The van der Waals surface area contributed by atoms with Gasteiger partial charge in [0.1, 0.15) is 11.6 Å². The number of aromatic amines is 1. The van der Waals surface area contributed by atoms with E-state index < -0.39 is 11.2 Å². The second-order valence-electron chi connectivity index (χ2n) is 9.84. The van der Waals surface area contributed by atoms with E-state index in [0.29, 0.717) is 48.1 Å². The van der Waals surface area contributed by atoms with Crippen LogP contribution in [0.5, 0.6) is 0 Å². The maximum Gasteiger partial charge on any atom is 0.330 e. The molecule has 0 bridgehead atoms. The molecule has 180 valence electrons. The lowest BCUT2D eigenvalue weighted by atomic mass is 9.93. The Hall–Kier alpha value is -3.17. The summed E-state index contributed by atoms with van der Waals surface area (Å²) in [5.74, 6) is 1.66. The number of aromatic nitrogens is 5. The number of hydrogen-bond donors (Lipinski definition) is 2. The van der Waals surface area contributed by atoms with Crippen LogP contribution in [0, 0.1) is 5.92 Å². The van der Waals surface area contributed by atoms with E-state index in [9.17, 15) is 14.4 Å². The van der Waals surface area contributed by atoms with Crippen LogP contribution in [0.25, 0.3) is 11.2 Å². The SMILES string of the molecule is CCCCn1c(=O)[nH]c(=O)c2c1nc(CCC(=O)Nc1cc(C(C)(C)C)on1)n2CC(C)C. The molecule has 3 rings (SSSR count). The average Bonchev–Trinajstić information content (AvgIpc) is 3.31. The Kier molecular flexibility index (Phi) is 7.24. The van der Waals surface area contributed by atoms with E-state index in [-0.39, 0.29) is 23.7 Å². The lowest BCUT2D eigenvalue weighted by Crippen LogP contribution is -2.31. The van der Waals surface area contributed by atoms with E-state index in [1.807, 2.05) is 46.1 Å². The fourth-order valence-corrected chi connectivity index (χ4v) is 3.61. The molecule has 0 aromatic carbocycles. The van der Waals surface area contributed by atoms with Crippen molar-refractivity contribution >= 4 is 22.9 Å². The summed E-state index contributed by atoms with van der Waals surface area (Å²) in [5, 5.41) is 6.67. The number of nitrogens with one attached hydrogen (secondary N) is 2. The van der Waals surface area contributed by atoms with Gasteiger partial charge in [-0.05, 0) is 12.3 Å². The number of imidazole rings is 1. The average molecular weight is 459 g/mol. The van der Waals surface area contributed by atoms with Gasteiger partial charge in [0.15, 0.2) is 17.0 Å². The monoisotopic (exact) mass is 458 g/mol. The van der Waals surface area contributed by atoms with Gasteiger partial charge in [-0.1, -0.05) is 53.1 Å². The maximum atomic E-state index is 12.7. The minimum atomic E-state index is -0.458. The van der Waals surface area contributed by atoms with Gasteiger partial charge < -0.3 is 14.4 Å². The van der Waals surface area contributed by atoms with Gasteiger partial charge >= 0.3 is 5.69 Å². The number of rotatable bonds is 9. The number of carbonyl (C=O) groups excluding carboxylic acids is 1. The molecule has 1 amide bonds. The number of hydrogen-bond acceptors (Lipinski definition) is 6. The van der Waals surface area contributed by atoms with E-state index in [1.165, 1.54) is 4.57 Å². The van der Waals surface area contributed by atoms with Crippen LogP contribution in [0.1, 0.15) is 72.4 Å². The molecule has 0 aliphatic rings. The van der Waals surface area contributed by atoms with E-state index >= 15 is 0 Å². The van der Waals surface area contributed by atoms with Crippen molar-refractivity contribution in [2.75, 3.05) is 5.32 Å². The highest BCUT2D eigenvalue weighted by atomic mass is 16.5. The zero-order valence-corrected chi connectivity index (χ0v) is 20.3. The minimum Gasteiger partial charge on any atom is -0.359 e. The van der Waals surface area contributed by atoms with Crippen LogP contribution in [-0.4, -0.2) is 30.2 Å². The standard InChI is InChI=1S/C23H34N6O4/c1-7-8-11-28-20-19(21(31)26-22(28)32)29(13-14(2)3)17(25-20)9-10-18(30)24-16-12-15(33-27-16)23(4,5)6/h12,14H,7-11,13H2,1-6H3,(H,24,27,30)(H,26,31,32). The Morgan fingerprint density at radius 2 is 1.97 bits per heavy atom. The van der Waals surface area contributed by atoms with Crippen molar-refractivity contribution in [2.24, 2.45) is 5.92 Å². The van der Waals surface area contributed by atoms with Crippen LogP contribution in [0.15, 0.2) is 20.2 Å². The second kappa shape index (κ2) is 9.76. The molecule has 3 heterocycles. The number of H-pyrrole nitrogens is 1. The van der Waals surface area contributed by atoms with E-state index in [0.717, 1.165) is 12.8 Å². The van der Waals surface area contributed by atoms with Crippen molar-refractivity contribution in [3.63, 3.8) is 0 Å². The Morgan fingerprint density at radius 1 is 1.24 bits per heavy atom. The van der Waals surface area contributed by atoms with Gasteiger partial charge in [-0.15, -0.1) is 0 Å². The van der Waals surface area contributed by atoms with Gasteiger partial charge in [0.2, 0.25) is 5.91 Å². The number of carbonyl (C=O) groups is 1. The number of unbranched alkanes of at least 4 members (excludes halogenated alkanes) is 1. The number of aryl methyl sites for hydroxylation is 2. The fraction of sp³-hybridized carbons (Fsp3) is 0.609. The van der Waals surface area contributed by atoms with Crippen molar-refractivity contribution in [1.29, 1.82) is 0 Å². The molecule has 33 heavy (non-hydrogen) atoms. The predicted molar refractivity (Wildman–Crippen MR) is 127 cm³/mol. The summed E-state index contributed by atoms with van der Waals surface area (Å²) in [5.41, 5.74) is -0.372. The van der Waals surface area contributed by atoms with Crippen LogP contribution in [0.2, 0.25) is 0 Å². The molecule has 0 fully saturated rings. The second-order valence-corrected chi connectivity index (χ2v) is 9.84. The first-order chi connectivity index (χ1) is 15.5. The van der Waals surface area contributed by atoms with Gasteiger partial charge in [0.05, 0.1) is 0 Å². The molecular formula is C23H34N6O4. The highest BCUT2D eigenvalue weighted by molar-refractivity contribution is 5.89. The molecule has 3 aromatic heterocycles. The molecule has 0 saturated heterocycles. The zero-order chi connectivity index (χ0) is 24.3. The molecule has 0 spiro atoms. The van der Waals surface area contributed by atoms with Crippen LogP contribution in [-0.2, 0) is 29.7 Å². The summed E-state index contributed by atoms with van der Waals surface area (Å²) in [6, 6.07) is 1.72. The third-order valence-electron chi connectivity index (χ3n) is 5.34. The lowest BCUT2D eigenvalue weighted by molar-refractivity contribution is -0.116. The molecule has 0 atom stereocenters. The van der Waals surface area contributed by atoms with Crippen molar-refractivity contribution in [3.8, 4) is 0 Å². The Labute approximate surface area is 192 Å². The number of anilines is 1. The largest absolute Gasteiger partial charge is 0.359 e. The zero-order valence-electron chi connectivity index (χ0n) is 20.3. The molecule has 0 unspecified atom stereocenters. The third-order valence-corrected chi connectivity index (χ3v) is 5.34. The first-order valence-corrected chi connectivity index (χ1v) is 11.5. The van der Waals surface area contributed by atoms with E-state index in [2.05, 4.69) is 20.4 Å². The number of fused-ring (bicyclic) bond motifs is 1. The molecule has 3 aromatic rings. The first kappa shape index (κ1) is 24.5. The van der Waals surface area contributed by atoms with E-state index in [4.69, 9.17) is 4.52 Å². The molecule has 2 N–H and O–H groups in total. The van der Waals surface area contributed by atoms with Crippen LogP contribution in [0.4, 0.5) is 5.82 Å². The minimum absolute atomic E-state index is 0.149. The summed E-state index contributed by atoms with van der Waals surface area (Å²) in [6.07, 6.45) is 2.17. The summed E-state index contributed by atoms with van der Waals surface area (Å²) in [6.45, 7) is 13.2. The summed E-state index contributed by atoms with van der Waals surface area (Å²) in [4.78, 5) is 44.7. The van der Waals surface area contributed by atoms with Crippen LogP contribution in [0.3, 0.4) is 0 Å². The van der Waals surface area contributed by atoms with Gasteiger partial charge in [-0.3, -0.25) is 19.1 Å². The molecule has 10 nitrogen and oxygen atoms in total. The molecule has 10 heteroatoms. The Balaban J connectivity index is 1.87. The molecule has 0 aliphatic heterocycles. The summed E-state index contributed by atoms with van der Waals surface area (Å²) < 4.78 is 8.67. The van der Waals surface area contributed by atoms with Crippen molar-refractivity contribution < 1.29 is 9.32 Å². The maximum absolute atomic E-state index is 12.7. The number of amides is 1. The first-order valence-electron chi connectivity index (χ1n) is 11.5. The normalized spacial score (nSPS) is 12.1. The summed E-state index contributed by atoms with van der Waals surface area (Å²) in [7, 11) is 0. The smallest absolute Gasteiger partial charge is 0.330 e. The predicted octanol–water partition coefficient (Wildman–Crippen LogP) is 3.20. The molecule has 0 radical (unpaired) electrons. The Morgan fingerprint density at radius 3 is 2.58 bits per heavy atom. The van der Waals surface area contributed by atoms with Crippen molar-refractivity contribution in [3.05, 3.63) is 38.5 Å². The third kappa shape index (κ3) is 5.61. The molecule has 0 saturated carbocycles. The molecule has 0 aliphatic carbocycles. The van der Waals surface area contributed by atoms with Gasteiger partial charge in [-0.25, -0.2) is 9.78 Å². The highest BCUT2D eigenvalue weighted by Gasteiger charge is 2.22. The van der Waals surface area contributed by atoms with E-state index in [1.54, 1.807) is 6.07 Å². The van der Waals surface area contributed by atoms with Crippen LogP contribution < -0.4 is 16.6 Å². The van der Waals surface area contributed by atoms with Gasteiger partial charge in [0, 0.05) is 37.4 Å². The lowest BCUT2D eigenvalue weighted by Gasteiger charge is -2.12. The Bertz CT molecular complexity index is 1240. The summed E-state index contributed by atoms with van der Waals surface area (Å²) >= 11 is 0. The molecular weight excluding hydrogens is 424 g/mol. The highest BCUT2D eigenvalue weighted by Crippen LogP contribution is 2.24. The van der Waals surface area contributed by atoms with Crippen molar-refractivity contribution in [1.82, 2.24) is 24.3 Å². The quantitative estimate of drug-likeness (QED) is 0.507. The van der Waals surface area contributed by atoms with Gasteiger partial charge in [-0.2, -0.15) is 0 Å². The fourth-order valence-electron chi connectivity index (χ4n) is 3.61. The number of nitrogens with zero attached hydrogens (tertiary/aromatic N) is 4. The van der Waals surface area contributed by atoms with Crippen LogP contribution >= 0.6 is 0 Å². The van der Waals surface area contributed by atoms with Crippen molar-refractivity contribution in [2.45, 2.75) is 85.7 Å².